The number of aromatic nitrogens is 6. The van der Waals surface area contributed by atoms with Gasteiger partial charge in [-0.1, -0.05) is 0 Å². The Kier molecular flexibility index (Phi) is 3.25. The monoisotopic (exact) mass is 333 g/mol. The fraction of sp³-hybridized carbons (Fsp3) is 0.385. The minimum Gasteiger partial charge on any atom is -0.394 e. The first-order chi connectivity index (χ1) is 11.5. The molecule has 1 fully saturated rings. The number of hydrogen-bond donors (Lipinski definition) is 4. The molecule has 3 atom stereocenters. The number of nitrogens with two attached hydrogens (primary N) is 1. The molecule has 1 saturated heterocycles. The SMILES string of the molecule is Nc1nc(-n2cccn2)nc2c1ncn2[C@@]1(O)C[C@H](O)[C@@H](CO)O1. The van der Waals surface area contributed by atoms with Gasteiger partial charge in [0.15, 0.2) is 17.0 Å². The number of ether oxygens (including phenoxy) is 1. The largest absolute Gasteiger partial charge is 0.394 e. The highest BCUT2D eigenvalue weighted by molar-refractivity contribution is 5.82. The molecule has 4 heterocycles. The van der Waals surface area contributed by atoms with Crippen molar-refractivity contribution in [2.45, 2.75) is 24.5 Å². The van der Waals surface area contributed by atoms with Gasteiger partial charge >= 0.3 is 0 Å². The lowest BCUT2D eigenvalue weighted by Crippen LogP contribution is -2.33. The molecule has 0 spiro atoms. The second-order valence-corrected chi connectivity index (χ2v) is 5.50. The third kappa shape index (κ3) is 2.14. The van der Waals surface area contributed by atoms with Crippen molar-refractivity contribution in [2.24, 2.45) is 0 Å². The van der Waals surface area contributed by atoms with E-state index in [1.54, 1.807) is 18.5 Å². The summed E-state index contributed by atoms with van der Waals surface area (Å²) in [6.45, 7) is -0.425. The summed E-state index contributed by atoms with van der Waals surface area (Å²) in [6.07, 6.45) is 2.43. The quantitative estimate of drug-likeness (QED) is 0.440. The summed E-state index contributed by atoms with van der Waals surface area (Å²) in [5, 5.41) is 33.9. The lowest BCUT2D eigenvalue weighted by molar-refractivity contribution is -0.254. The van der Waals surface area contributed by atoms with Gasteiger partial charge in [-0.15, -0.1) is 0 Å². The van der Waals surface area contributed by atoms with Gasteiger partial charge in [-0.05, 0) is 6.07 Å². The van der Waals surface area contributed by atoms with Gasteiger partial charge in [-0.2, -0.15) is 15.1 Å². The first-order valence-electron chi connectivity index (χ1n) is 7.22. The summed E-state index contributed by atoms with van der Waals surface area (Å²) in [5.41, 5.74) is 6.42. The number of aliphatic hydroxyl groups excluding tert-OH is 2. The molecule has 0 aliphatic carbocycles. The Hall–Kier alpha value is -2.60. The minimum atomic E-state index is -1.90. The van der Waals surface area contributed by atoms with Gasteiger partial charge in [0.25, 0.3) is 11.9 Å². The molecule has 0 amide bonds. The van der Waals surface area contributed by atoms with E-state index in [4.69, 9.17) is 10.5 Å². The zero-order chi connectivity index (χ0) is 16.9. The van der Waals surface area contributed by atoms with E-state index in [-0.39, 0.29) is 29.4 Å². The maximum absolute atomic E-state index is 10.7. The molecule has 1 aliphatic heterocycles. The molecule has 0 aromatic carbocycles. The van der Waals surface area contributed by atoms with Gasteiger partial charge in [-0.25, -0.2) is 9.67 Å². The Labute approximate surface area is 135 Å². The van der Waals surface area contributed by atoms with Crippen molar-refractivity contribution in [1.29, 1.82) is 0 Å². The van der Waals surface area contributed by atoms with Crippen LogP contribution >= 0.6 is 0 Å². The van der Waals surface area contributed by atoms with E-state index in [9.17, 15) is 15.3 Å². The molecule has 11 heteroatoms. The van der Waals surface area contributed by atoms with E-state index in [0.717, 1.165) is 0 Å². The third-order valence-corrected chi connectivity index (χ3v) is 3.92. The number of rotatable bonds is 3. The van der Waals surface area contributed by atoms with Crippen molar-refractivity contribution in [3.63, 3.8) is 0 Å². The van der Waals surface area contributed by atoms with Crippen LogP contribution in [0.25, 0.3) is 17.1 Å². The highest BCUT2D eigenvalue weighted by Gasteiger charge is 2.47. The van der Waals surface area contributed by atoms with Gasteiger partial charge in [0, 0.05) is 12.4 Å². The minimum absolute atomic E-state index is 0.116. The third-order valence-electron chi connectivity index (χ3n) is 3.92. The summed E-state index contributed by atoms with van der Waals surface area (Å²) < 4.78 is 8.06. The van der Waals surface area contributed by atoms with Gasteiger partial charge in [0.1, 0.15) is 12.4 Å². The van der Waals surface area contributed by atoms with Crippen LogP contribution in [-0.4, -0.2) is 63.4 Å². The topological polar surface area (TPSA) is 157 Å². The Bertz CT molecular complexity index is 880. The Morgan fingerprint density at radius 1 is 1.42 bits per heavy atom. The van der Waals surface area contributed by atoms with Gasteiger partial charge in [0.2, 0.25) is 0 Å². The Balaban J connectivity index is 1.85. The van der Waals surface area contributed by atoms with Crippen molar-refractivity contribution in [2.75, 3.05) is 12.3 Å². The van der Waals surface area contributed by atoms with Crippen molar-refractivity contribution in [3.8, 4) is 5.95 Å². The number of nitrogen functional groups attached to an aromatic ring is 1. The summed E-state index contributed by atoms with van der Waals surface area (Å²) in [6, 6.07) is 1.71. The fourth-order valence-corrected chi connectivity index (χ4v) is 2.74. The Morgan fingerprint density at radius 2 is 2.25 bits per heavy atom. The van der Waals surface area contributed by atoms with E-state index >= 15 is 0 Å². The van der Waals surface area contributed by atoms with Gasteiger partial charge in [-0.3, -0.25) is 4.57 Å². The van der Waals surface area contributed by atoms with E-state index in [1.165, 1.54) is 15.6 Å². The molecule has 0 saturated carbocycles. The van der Waals surface area contributed by atoms with E-state index in [1.807, 2.05) is 0 Å². The summed E-state index contributed by atoms with van der Waals surface area (Å²) in [5.74, 6) is -1.58. The first kappa shape index (κ1) is 15.0. The van der Waals surface area contributed by atoms with Crippen LogP contribution in [0.5, 0.6) is 0 Å². The number of aliphatic hydroxyl groups is 3. The van der Waals surface area contributed by atoms with Crippen LogP contribution in [0.1, 0.15) is 6.42 Å². The number of imidazole rings is 1. The average molecular weight is 333 g/mol. The molecule has 4 rings (SSSR count). The molecule has 0 unspecified atom stereocenters. The normalized spacial score (nSPS) is 27.1. The van der Waals surface area contributed by atoms with Crippen LogP contribution in [0.3, 0.4) is 0 Å². The van der Waals surface area contributed by atoms with Crippen LogP contribution < -0.4 is 5.73 Å². The van der Waals surface area contributed by atoms with E-state index in [0.29, 0.717) is 0 Å². The van der Waals surface area contributed by atoms with Gasteiger partial charge in [0.05, 0.1) is 19.1 Å². The predicted octanol–water partition coefficient (Wildman–Crippen LogP) is -1.66. The molecule has 0 radical (unpaired) electrons. The lowest BCUT2D eigenvalue weighted by atomic mass is 10.2. The summed E-state index contributed by atoms with van der Waals surface area (Å²) in [7, 11) is 0. The van der Waals surface area contributed by atoms with Crippen molar-refractivity contribution >= 4 is 17.0 Å². The Morgan fingerprint density at radius 3 is 2.92 bits per heavy atom. The van der Waals surface area contributed by atoms with Crippen molar-refractivity contribution < 1.29 is 20.1 Å². The summed E-state index contributed by atoms with van der Waals surface area (Å²) >= 11 is 0. The van der Waals surface area contributed by atoms with Crippen LogP contribution in [0.15, 0.2) is 24.8 Å². The molecule has 126 valence electrons. The maximum atomic E-state index is 10.7. The molecular weight excluding hydrogens is 318 g/mol. The molecule has 24 heavy (non-hydrogen) atoms. The number of hydrogen-bond acceptors (Lipinski definition) is 9. The van der Waals surface area contributed by atoms with E-state index < -0.39 is 24.7 Å². The predicted molar refractivity (Wildman–Crippen MR) is 79.6 cm³/mol. The highest BCUT2D eigenvalue weighted by Crippen LogP contribution is 2.35. The lowest BCUT2D eigenvalue weighted by Gasteiger charge is -2.24. The van der Waals surface area contributed by atoms with Crippen LogP contribution in [0.2, 0.25) is 0 Å². The second kappa shape index (κ2) is 5.21. The molecule has 1 aliphatic rings. The maximum Gasteiger partial charge on any atom is 0.258 e. The van der Waals surface area contributed by atoms with E-state index in [2.05, 4.69) is 20.1 Å². The average Bonchev–Trinajstić information content (AvgIpc) is 3.25. The van der Waals surface area contributed by atoms with Crippen LogP contribution in [0, 0.1) is 0 Å². The number of anilines is 1. The molecule has 5 N–H and O–H groups in total. The highest BCUT2D eigenvalue weighted by atomic mass is 16.7. The number of nitrogens with zero attached hydrogens (tertiary/aromatic N) is 6. The van der Waals surface area contributed by atoms with Crippen molar-refractivity contribution in [3.05, 3.63) is 24.8 Å². The summed E-state index contributed by atoms with van der Waals surface area (Å²) in [4.78, 5) is 12.6. The molecule has 0 bridgehead atoms. The zero-order valence-corrected chi connectivity index (χ0v) is 12.4. The second-order valence-electron chi connectivity index (χ2n) is 5.50. The zero-order valence-electron chi connectivity index (χ0n) is 12.4. The van der Waals surface area contributed by atoms with Crippen molar-refractivity contribution in [1.82, 2.24) is 29.3 Å². The number of fused-ring (bicyclic) bond motifs is 1. The van der Waals surface area contributed by atoms with Crippen LogP contribution in [0.4, 0.5) is 5.82 Å². The van der Waals surface area contributed by atoms with Gasteiger partial charge < -0.3 is 25.8 Å². The smallest absolute Gasteiger partial charge is 0.258 e. The molecule has 3 aromatic heterocycles. The first-order valence-corrected chi connectivity index (χ1v) is 7.22. The molecule has 11 nitrogen and oxygen atoms in total. The molecular formula is C13H15N7O4. The molecule has 3 aromatic rings. The fourth-order valence-electron chi connectivity index (χ4n) is 2.74. The van der Waals surface area contributed by atoms with Crippen LogP contribution in [-0.2, 0) is 10.6 Å². The standard InChI is InChI=1S/C13H15N7O4/c14-10-9-11(18-12(17-10)20-3-1-2-16-20)19(6-15-9)13(23)4-7(22)8(5-21)24-13/h1-3,6-8,21-23H,4-5H2,(H2,14,17,18)/t7-,8+,13+/m0/s1.